The van der Waals surface area contributed by atoms with Gasteiger partial charge in [-0.2, -0.15) is 5.10 Å². The highest BCUT2D eigenvalue weighted by Gasteiger charge is 2.21. The van der Waals surface area contributed by atoms with Crippen molar-refractivity contribution in [2.24, 2.45) is 0 Å². The van der Waals surface area contributed by atoms with Crippen LogP contribution < -0.4 is 16.0 Å². The topological polar surface area (TPSA) is 98.9 Å². The Labute approximate surface area is 159 Å². The van der Waals surface area contributed by atoms with Gasteiger partial charge < -0.3 is 16.0 Å². The van der Waals surface area contributed by atoms with Crippen molar-refractivity contribution in [3.63, 3.8) is 0 Å². The van der Waals surface area contributed by atoms with Crippen molar-refractivity contribution in [2.75, 3.05) is 18.4 Å². The van der Waals surface area contributed by atoms with E-state index in [1.54, 1.807) is 0 Å². The van der Waals surface area contributed by atoms with Crippen LogP contribution in [0.4, 0.5) is 5.69 Å². The van der Waals surface area contributed by atoms with Crippen LogP contribution in [0.2, 0.25) is 0 Å². The van der Waals surface area contributed by atoms with Crippen LogP contribution in [0.3, 0.4) is 0 Å². The van der Waals surface area contributed by atoms with Crippen molar-refractivity contribution >= 4 is 45.8 Å². The van der Waals surface area contributed by atoms with Crippen LogP contribution in [0.5, 0.6) is 0 Å². The second-order valence-electron chi connectivity index (χ2n) is 5.65. The number of nitrogens with one attached hydrogen (secondary N) is 4. The van der Waals surface area contributed by atoms with E-state index in [4.69, 9.17) is 0 Å². The van der Waals surface area contributed by atoms with Crippen LogP contribution in [-0.4, -0.2) is 35.1 Å². The predicted octanol–water partition coefficient (Wildman–Crippen LogP) is 1.92. The lowest BCUT2D eigenvalue weighted by Crippen LogP contribution is -2.34. The SMILES string of the molecule is Cc1ccc(Br)cc1NC(=O)CNC(=O)c1n[nH]c2c1CNCC2.Cl. The van der Waals surface area contributed by atoms with Gasteiger partial charge in [-0.25, -0.2) is 0 Å². The van der Waals surface area contributed by atoms with Gasteiger partial charge in [-0.1, -0.05) is 22.0 Å². The molecule has 0 bridgehead atoms. The van der Waals surface area contributed by atoms with Gasteiger partial charge in [0, 0.05) is 40.9 Å². The molecule has 2 amide bonds. The lowest BCUT2D eigenvalue weighted by Gasteiger charge is -2.13. The molecule has 0 saturated carbocycles. The first-order valence-corrected chi connectivity index (χ1v) is 8.45. The van der Waals surface area contributed by atoms with Crippen LogP contribution in [-0.2, 0) is 17.8 Å². The molecule has 0 saturated heterocycles. The van der Waals surface area contributed by atoms with E-state index in [0.29, 0.717) is 17.9 Å². The molecule has 0 unspecified atom stereocenters. The first-order chi connectivity index (χ1) is 11.5. The number of benzene rings is 1. The number of amides is 2. The maximum Gasteiger partial charge on any atom is 0.272 e. The van der Waals surface area contributed by atoms with E-state index in [0.717, 1.165) is 34.3 Å². The van der Waals surface area contributed by atoms with E-state index in [9.17, 15) is 9.59 Å². The van der Waals surface area contributed by atoms with Crippen molar-refractivity contribution in [2.45, 2.75) is 19.9 Å². The van der Waals surface area contributed by atoms with Crippen molar-refractivity contribution in [1.82, 2.24) is 20.8 Å². The van der Waals surface area contributed by atoms with E-state index in [2.05, 4.69) is 42.1 Å². The standard InChI is InChI=1S/C16H18BrN5O2.ClH/c1-9-2-3-10(17)6-13(9)20-14(23)8-19-16(24)15-11-7-18-5-4-12(11)21-22-15;/h2-3,6,18H,4-5,7-8H2,1H3,(H,19,24)(H,20,23)(H,21,22);1H. The molecule has 4 N–H and O–H groups in total. The fourth-order valence-corrected chi connectivity index (χ4v) is 2.94. The number of nitrogens with zero attached hydrogens (tertiary/aromatic N) is 1. The number of anilines is 1. The molecule has 0 spiro atoms. The van der Waals surface area contributed by atoms with Gasteiger partial charge in [0.1, 0.15) is 0 Å². The van der Waals surface area contributed by atoms with Gasteiger partial charge in [0.2, 0.25) is 5.91 Å². The van der Waals surface area contributed by atoms with E-state index in [1.165, 1.54) is 0 Å². The fraction of sp³-hybridized carbons (Fsp3) is 0.312. The minimum Gasteiger partial charge on any atom is -0.342 e. The van der Waals surface area contributed by atoms with Gasteiger partial charge >= 0.3 is 0 Å². The largest absolute Gasteiger partial charge is 0.342 e. The van der Waals surface area contributed by atoms with Gasteiger partial charge in [0.15, 0.2) is 5.69 Å². The Hall–Kier alpha value is -1.90. The molecule has 7 nitrogen and oxygen atoms in total. The molecule has 134 valence electrons. The number of carbonyl (C=O) groups excluding carboxylic acids is 2. The molecule has 25 heavy (non-hydrogen) atoms. The van der Waals surface area contributed by atoms with Gasteiger partial charge in [0.05, 0.1) is 6.54 Å². The minimum atomic E-state index is -0.350. The van der Waals surface area contributed by atoms with Crippen molar-refractivity contribution in [1.29, 1.82) is 0 Å². The van der Waals surface area contributed by atoms with Crippen molar-refractivity contribution in [3.8, 4) is 0 Å². The number of fused-ring (bicyclic) bond motifs is 1. The summed E-state index contributed by atoms with van der Waals surface area (Å²) in [6.45, 7) is 3.27. The first-order valence-electron chi connectivity index (χ1n) is 7.65. The molecule has 2 aromatic rings. The maximum atomic E-state index is 12.2. The molecule has 9 heteroatoms. The summed E-state index contributed by atoms with van der Waals surface area (Å²) >= 11 is 3.37. The molecule has 1 aromatic heterocycles. The molecule has 1 aliphatic heterocycles. The van der Waals surface area contributed by atoms with Crippen LogP contribution >= 0.6 is 28.3 Å². The number of carbonyl (C=O) groups is 2. The highest BCUT2D eigenvalue weighted by atomic mass is 79.9. The third-order valence-corrected chi connectivity index (χ3v) is 4.40. The minimum absolute atomic E-state index is 0. The summed E-state index contributed by atoms with van der Waals surface area (Å²) in [7, 11) is 0. The monoisotopic (exact) mass is 427 g/mol. The first kappa shape index (κ1) is 19.4. The Morgan fingerprint density at radius 2 is 2.16 bits per heavy atom. The predicted molar refractivity (Wildman–Crippen MR) is 101 cm³/mol. The Bertz CT molecular complexity index is 793. The molecule has 0 radical (unpaired) electrons. The number of hydrogen-bond acceptors (Lipinski definition) is 4. The number of halogens is 2. The van der Waals surface area contributed by atoms with Crippen LogP contribution in [0.1, 0.15) is 27.3 Å². The number of aromatic amines is 1. The Balaban J connectivity index is 0.00000225. The summed E-state index contributed by atoms with van der Waals surface area (Å²) in [5.74, 6) is -0.635. The van der Waals surface area contributed by atoms with E-state index < -0.39 is 0 Å². The third kappa shape index (κ3) is 4.59. The highest BCUT2D eigenvalue weighted by molar-refractivity contribution is 9.10. The molecule has 0 fully saturated rings. The van der Waals surface area contributed by atoms with Crippen molar-refractivity contribution < 1.29 is 9.59 Å². The van der Waals surface area contributed by atoms with Gasteiger partial charge in [-0.15, -0.1) is 12.4 Å². The normalized spacial score (nSPS) is 12.7. The second kappa shape index (κ2) is 8.46. The molecule has 2 heterocycles. The quantitative estimate of drug-likeness (QED) is 0.598. The molecule has 3 rings (SSSR count). The number of aryl methyl sites for hydroxylation is 1. The maximum absolute atomic E-state index is 12.2. The lowest BCUT2D eigenvalue weighted by molar-refractivity contribution is -0.115. The zero-order valence-electron chi connectivity index (χ0n) is 13.6. The van der Waals surface area contributed by atoms with E-state index in [1.807, 2.05) is 25.1 Å². The molecular formula is C16H19BrClN5O2. The summed E-state index contributed by atoms with van der Waals surface area (Å²) < 4.78 is 0.878. The number of rotatable bonds is 4. The van der Waals surface area contributed by atoms with Gasteiger partial charge in [0.25, 0.3) is 5.91 Å². The zero-order chi connectivity index (χ0) is 17.1. The summed E-state index contributed by atoms with van der Waals surface area (Å²) in [4.78, 5) is 24.3. The van der Waals surface area contributed by atoms with Gasteiger partial charge in [-0.3, -0.25) is 14.7 Å². The summed E-state index contributed by atoms with van der Waals surface area (Å²) in [6.07, 6.45) is 0.818. The van der Waals surface area contributed by atoms with E-state index in [-0.39, 0.29) is 30.8 Å². The van der Waals surface area contributed by atoms with Crippen LogP contribution in [0, 0.1) is 6.92 Å². The molecular weight excluding hydrogens is 410 g/mol. The summed E-state index contributed by atoms with van der Waals surface area (Å²) in [5.41, 5.74) is 3.87. The van der Waals surface area contributed by atoms with Crippen LogP contribution in [0.15, 0.2) is 22.7 Å². The Kier molecular flexibility index (Phi) is 6.57. The highest BCUT2D eigenvalue weighted by Crippen LogP contribution is 2.20. The average Bonchev–Trinajstić information content (AvgIpc) is 3.00. The Morgan fingerprint density at radius 3 is 2.96 bits per heavy atom. The fourth-order valence-electron chi connectivity index (χ4n) is 2.58. The van der Waals surface area contributed by atoms with Gasteiger partial charge in [-0.05, 0) is 24.6 Å². The molecule has 0 atom stereocenters. The average molecular weight is 429 g/mol. The summed E-state index contributed by atoms with van der Waals surface area (Å²) in [6, 6.07) is 5.63. The second-order valence-corrected chi connectivity index (χ2v) is 6.56. The number of aromatic nitrogens is 2. The summed E-state index contributed by atoms with van der Waals surface area (Å²) in [5, 5.41) is 15.6. The number of H-pyrrole nitrogens is 1. The molecule has 0 aliphatic carbocycles. The zero-order valence-corrected chi connectivity index (χ0v) is 16.0. The van der Waals surface area contributed by atoms with E-state index >= 15 is 0 Å². The van der Waals surface area contributed by atoms with Crippen LogP contribution in [0.25, 0.3) is 0 Å². The molecule has 1 aliphatic rings. The molecule has 1 aromatic carbocycles. The van der Waals surface area contributed by atoms with Crippen molar-refractivity contribution in [3.05, 3.63) is 45.2 Å². The smallest absolute Gasteiger partial charge is 0.272 e. The lowest BCUT2D eigenvalue weighted by atomic mass is 10.1. The third-order valence-electron chi connectivity index (χ3n) is 3.90. The number of hydrogen-bond donors (Lipinski definition) is 4. The Morgan fingerprint density at radius 1 is 1.36 bits per heavy atom.